The molecule has 8 nitrogen and oxygen atoms in total. The van der Waals surface area contributed by atoms with Crippen LogP contribution in [0.2, 0.25) is 0 Å². The Morgan fingerprint density at radius 3 is 2.43 bits per heavy atom. The number of hydrogen-bond acceptors (Lipinski definition) is 6. The fraction of sp³-hybridized carbons (Fsp3) is 0.227. The zero-order valence-corrected chi connectivity index (χ0v) is 16.9. The molecule has 1 aliphatic rings. The first kappa shape index (κ1) is 20.9. The molecule has 2 N–H and O–H groups in total. The van der Waals surface area contributed by atoms with Gasteiger partial charge in [0.25, 0.3) is 0 Å². The zero-order valence-electron chi connectivity index (χ0n) is 16.9. The SMILES string of the molecule is CCOC(=O)C1=C(C)NC(=O)NC1c1ccc(OC(=O)c2ccccc2)c(OC)c1. The molecule has 0 radical (unpaired) electrons. The van der Waals surface area contributed by atoms with E-state index in [4.69, 9.17) is 14.2 Å². The maximum atomic E-state index is 12.5. The van der Waals surface area contributed by atoms with Gasteiger partial charge in [-0.2, -0.15) is 0 Å². The van der Waals surface area contributed by atoms with Gasteiger partial charge < -0.3 is 24.8 Å². The summed E-state index contributed by atoms with van der Waals surface area (Å²) < 4.78 is 16.0. The van der Waals surface area contributed by atoms with Crippen molar-refractivity contribution in [1.29, 1.82) is 0 Å². The Kier molecular flexibility index (Phi) is 6.36. The molecule has 2 aromatic carbocycles. The molecule has 0 aromatic heterocycles. The quantitative estimate of drug-likeness (QED) is 0.560. The Morgan fingerprint density at radius 1 is 1.03 bits per heavy atom. The second kappa shape index (κ2) is 9.13. The predicted molar refractivity (Wildman–Crippen MR) is 108 cm³/mol. The van der Waals surface area contributed by atoms with E-state index < -0.39 is 24.0 Å². The molecule has 156 valence electrons. The van der Waals surface area contributed by atoms with Crippen molar-refractivity contribution in [2.45, 2.75) is 19.9 Å². The van der Waals surface area contributed by atoms with Crippen LogP contribution in [0.5, 0.6) is 11.5 Å². The van der Waals surface area contributed by atoms with Gasteiger partial charge in [0, 0.05) is 5.70 Å². The van der Waals surface area contributed by atoms with Crippen LogP contribution in [-0.4, -0.2) is 31.7 Å². The molecule has 2 amide bonds. The number of carbonyl (C=O) groups excluding carboxylic acids is 3. The van der Waals surface area contributed by atoms with E-state index >= 15 is 0 Å². The number of allylic oxidation sites excluding steroid dienone is 1. The van der Waals surface area contributed by atoms with Crippen LogP contribution < -0.4 is 20.1 Å². The lowest BCUT2D eigenvalue weighted by Crippen LogP contribution is -2.45. The molecule has 0 aliphatic carbocycles. The van der Waals surface area contributed by atoms with E-state index in [1.165, 1.54) is 7.11 Å². The molecule has 1 atom stereocenters. The molecule has 3 rings (SSSR count). The molecule has 0 fully saturated rings. The molecule has 30 heavy (non-hydrogen) atoms. The maximum Gasteiger partial charge on any atom is 0.343 e. The van der Waals surface area contributed by atoms with Crippen molar-refractivity contribution in [2.75, 3.05) is 13.7 Å². The Morgan fingerprint density at radius 2 is 1.77 bits per heavy atom. The largest absolute Gasteiger partial charge is 0.493 e. The van der Waals surface area contributed by atoms with E-state index in [-0.39, 0.29) is 23.7 Å². The second-order valence-electron chi connectivity index (χ2n) is 6.46. The number of rotatable bonds is 6. The number of esters is 2. The fourth-order valence-corrected chi connectivity index (χ4v) is 3.10. The number of hydrogen-bond donors (Lipinski definition) is 2. The molecule has 1 aliphatic heterocycles. The van der Waals surface area contributed by atoms with E-state index in [2.05, 4.69) is 10.6 Å². The highest BCUT2D eigenvalue weighted by Gasteiger charge is 2.32. The van der Waals surface area contributed by atoms with Crippen LogP contribution in [0.3, 0.4) is 0 Å². The third-order valence-electron chi connectivity index (χ3n) is 4.50. The summed E-state index contributed by atoms with van der Waals surface area (Å²) in [5.74, 6) is -0.565. The summed E-state index contributed by atoms with van der Waals surface area (Å²) in [4.78, 5) is 36.8. The molecule has 0 spiro atoms. The molecule has 2 aromatic rings. The number of nitrogens with one attached hydrogen (secondary N) is 2. The number of amides is 2. The van der Waals surface area contributed by atoms with Crippen LogP contribution in [0.15, 0.2) is 59.8 Å². The average molecular weight is 410 g/mol. The first-order chi connectivity index (χ1) is 14.4. The van der Waals surface area contributed by atoms with E-state index in [9.17, 15) is 14.4 Å². The van der Waals surface area contributed by atoms with Crippen molar-refractivity contribution in [2.24, 2.45) is 0 Å². The number of methoxy groups -OCH3 is 1. The topological polar surface area (TPSA) is 103 Å². The lowest BCUT2D eigenvalue weighted by Gasteiger charge is -2.28. The van der Waals surface area contributed by atoms with Gasteiger partial charge in [-0.25, -0.2) is 14.4 Å². The summed E-state index contributed by atoms with van der Waals surface area (Å²) in [6.07, 6.45) is 0. The monoisotopic (exact) mass is 410 g/mol. The van der Waals surface area contributed by atoms with Gasteiger partial charge in [-0.1, -0.05) is 24.3 Å². The van der Waals surface area contributed by atoms with Crippen molar-refractivity contribution in [3.05, 3.63) is 70.9 Å². The fourth-order valence-electron chi connectivity index (χ4n) is 3.10. The molecular weight excluding hydrogens is 388 g/mol. The standard InChI is InChI=1S/C22H22N2O6/c1-4-29-21(26)18-13(2)23-22(27)24-19(18)15-10-11-16(17(12-15)28-3)30-20(25)14-8-6-5-7-9-14/h5-12,19H,4H2,1-3H3,(H2,23,24,27). The highest BCUT2D eigenvalue weighted by atomic mass is 16.6. The normalized spacial score (nSPS) is 15.7. The Balaban J connectivity index is 1.92. The molecule has 0 saturated heterocycles. The highest BCUT2D eigenvalue weighted by Crippen LogP contribution is 2.35. The third-order valence-corrected chi connectivity index (χ3v) is 4.50. The molecule has 1 unspecified atom stereocenters. The van der Waals surface area contributed by atoms with E-state index in [0.29, 0.717) is 16.8 Å². The Hall–Kier alpha value is -3.81. The molecule has 8 heteroatoms. The van der Waals surface area contributed by atoms with Crippen molar-refractivity contribution in [1.82, 2.24) is 10.6 Å². The molecule has 0 bridgehead atoms. The highest BCUT2D eigenvalue weighted by molar-refractivity contribution is 5.95. The predicted octanol–water partition coefficient (Wildman–Crippen LogP) is 3.11. The Labute approximate surface area is 173 Å². The Bertz CT molecular complexity index is 1000. The van der Waals surface area contributed by atoms with Crippen LogP contribution in [0, 0.1) is 0 Å². The summed E-state index contributed by atoms with van der Waals surface area (Å²) in [6, 6.07) is 12.2. The van der Waals surface area contributed by atoms with Gasteiger partial charge in [0.2, 0.25) is 0 Å². The number of ether oxygens (including phenoxy) is 3. The summed E-state index contributed by atoms with van der Waals surface area (Å²) in [5.41, 5.74) is 1.66. The third kappa shape index (κ3) is 4.43. The molecule has 0 saturated carbocycles. The lowest BCUT2D eigenvalue weighted by molar-refractivity contribution is -0.139. The second-order valence-corrected chi connectivity index (χ2v) is 6.46. The number of benzene rings is 2. The smallest absolute Gasteiger partial charge is 0.343 e. The maximum absolute atomic E-state index is 12.5. The van der Waals surface area contributed by atoms with Crippen LogP contribution in [0.1, 0.15) is 35.8 Å². The van der Waals surface area contributed by atoms with Gasteiger partial charge in [-0.05, 0) is 43.7 Å². The van der Waals surface area contributed by atoms with Crippen molar-refractivity contribution >= 4 is 18.0 Å². The molecule has 1 heterocycles. The molecular formula is C22H22N2O6. The summed E-state index contributed by atoms with van der Waals surface area (Å²) >= 11 is 0. The van der Waals surface area contributed by atoms with Crippen molar-refractivity contribution < 1.29 is 28.6 Å². The van der Waals surface area contributed by atoms with Gasteiger partial charge in [0.1, 0.15) is 0 Å². The van der Waals surface area contributed by atoms with E-state index in [1.807, 2.05) is 0 Å². The first-order valence-corrected chi connectivity index (χ1v) is 9.35. The summed E-state index contributed by atoms with van der Waals surface area (Å²) in [7, 11) is 1.44. The van der Waals surface area contributed by atoms with Crippen molar-refractivity contribution in [3.63, 3.8) is 0 Å². The van der Waals surface area contributed by atoms with Crippen LogP contribution in [0.4, 0.5) is 4.79 Å². The van der Waals surface area contributed by atoms with E-state index in [0.717, 1.165) is 0 Å². The zero-order chi connectivity index (χ0) is 21.7. The van der Waals surface area contributed by atoms with E-state index in [1.54, 1.807) is 62.4 Å². The van der Waals surface area contributed by atoms with Gasteiger partial charge in [0.15, 0.2) is 11.5 Å². The number of carbonyl (C=O) groups is 3. The van der Waals surface area contributed by atoms with Crippen LogP contribution in [-0.2, 0) is 9.53 Å². The average Bonchev–Trinajstić information content (AvgIpc) is 2.74. The lowest BCUT2D eigenvalue weighted by atomic mass is 9.95. The first-order valence-electron chi connectivity index (χ1n) is 9.35. The van der Waals surface area contributed by atoms with Crippen molar-refractivity contribution in [3.8, 4) is 11.5 Å². The number of urea groups is 1. The van der Waals surface area contributed by atoms with Gasteiger partial charge >= 0.3 is 18.0 Å². The minimum Gasteiger partial charge on any atom is -0.493 e. The minimum atomic E-state index is -0.745. The minimum absolute atomic E-state index is 0.202. The summed E-state index contributed by atoms with van der Waals surface area (Å²) in [5, 5.41) is 5.30. The van der Waals surface area contributed by atoms with Crippen LogP contribution in [0.25, 0.3) is 0 Å². The summed E-state index contributed by atoms with van der Waals surface area (Å²) in [6.45, 7) is 3.54. The van der Waals surface area contributed by atoms with Gasteiger partial charge in [-0.15, -0.1) is 0 Å². The van der Waals surface area contributed by atoms with Gasteiger partial charge in [0.05, 0.1) is 30.9 Å². The van der Waals surface area contributed by atoms with Gasteiger partial charge in [-0.3, -0.25) is 0 Å². The van der Waals surface area contributed by atoms with Crippen LogP contribution >= 0.6 is 0 Å².